The van der Waals surface area contributed by atoms with Crippen molar-refractivity contribution in [3.8, 4) is 0 Å². The lowest BCUT2D eigenvalue weighted by atomic mass is 9.80. The van der Waals surface area contributed by atoms with Gasteiger partial charge in [-0.3, -0.25) is 19.3 Å². The van der Waals surface area contributed by atoms with Crippen LogP contribution in [0.15, 0.2) is 53.4 Å². The van der Waals surface area contributed by atoms with Gasteiger partial charge in [0.05, 0.1) is 4.91 Å². The molecule has 3 N–H and O–H groups in total. The summed E-state index contributed by atoms with van der Waals surface area (Å²) in [5.74, 6) is -0.757. The maximum absolute atomic E-state index is 12.5. The quantitative estimate of drug-likeness (QED) is 0.458. The molecule has 9 heteroatoms. The normalized spacial score (nSPS) is 15.0. The molecule has 0 radical (unpaired) electrons. The molecule has 154 valence electrons. The molecule has 1 saturated heterocycles. The molecule has 3 rings (SSSR count). The fraction of sp³-hybridized carbons (Fsp3) is 0.190. The molecule has 2 aromatic carbocycles. The molecule has 0 aliphatic carbocycles. The molecule has 1 aliphatic heterocycles. The summed E-state index contributed by atoms with van der Waals surface area (Å²) in [5, 5.41) is 20.5. The lowest BCUT2D eigenvalue weighted by Crippen LogP contribution is -2.37. The monoisotopic (exact) mass is 424 g/mol. The van der Waals surface area contributed by atoms with Crippen LogP contribution in [0, 0.1) is 0 Å². The Morgan fingerprint density at radius 1 is 1.10 bits per heavy atom. The molecule has 0 saturated carbocycles. The lowest BCUT2D eigenvalue weighted by molar-refractivity contribution is -0.122. The van der Waals surface area contributed by atoms with E-state index in [4.69, 9.17) is 10.0 Å². The number of aryl methyl sites for hydroxylation is 1. The van der Waals surface area contributed by atoms with E-state index >= 15 is 0 Å². The van der Waals surface area contributed by atoms with Gasteiger partial charge in [-0.1, -0.05) is 43.3 Å². The fourth-order valence-electron chi connectivity index (χ4n) is 2.88. The van der Waals surface area contributed by atoms with Gasteiger partial charge in [-0.15, -0.1) is 0 Å². The van der Waals surface area contributed by atoms with Crippen molar-refractivity contribution in [1.82, 2.24) is 10.2 Å². The summed E-state index contributed by atoms with van der Waals surface area (Å²) in [6.45, 7) is 2.24. The van der Waals surface area contributed by atoms with E-state index in [0.29, 0.717) is 10.5 Å². The van der Waals surface area contributed by atoms with Crippen molar-refractivity contribution < 1.29 is 24.4 Å². The first-order valence-electron chi connectivity index (χ1n) is 9.47. The van der Waals surface area contributed by atoms with Crippen molar-refractivity contribution in [2.24, 2.45) is 0 Å². The van der Waals surface area contributed by atoms with Gasteiger partial charge in [0.1, 0.15) is 0 Å². The first kappa shape index (κ1) is 21.8. The predicted molar refractivity (Wildman–Crippen MR) is 117 cm³/mol. The van der Waals surface area contributed by atoms with Crippen molar-refractivity contribution in [2.45, 2.75) is 13.3 Å². The number of benzene rings is 2. The van der Waals surface area contributed by atoms with Gasteiger partial charge in [0, 0.05) is 18.7 Å². The molecule has 0 spiro atoms. The van der Waals surface area contributed by atoms with Crippen molar-refractivity contribution in [3.05, 3.63) is 70.1 Å². The molecule has 1 fully saturated rings. The highest BCUT2D eigenvalue weighted by Crippen LogP contribution is 2.31. The van der Waals surface area contributed by atoms with E-state index in [1.165, 1.54) is 29.8 Å². The maximum atomic E-state index is 12.5. The van der Waals surface area contributed by atoms with Crippen LogP contribution in [-0.4, -0.2) is 52.2 Å². The Labute approximate surface area is 178 Å². The Bertz CT molecular complexity index is 974. The van der Waals surface area contributed by atoms with Crippen LogP contribution in [0.2, 0.25) is 0 Å². The van der Waals surface area contributed by atoms with Gasteiger partial charge in [0.2, 0.25) is 0 Å². The zero-order chi connectivity index (χ0) is 21.7. The molecule has 0 bridgehead atoms. The third kappa shape index (κ3) is 5.18. The predicted octanol–water partition coefficient (Wildman–Crippen LogP) is 1.40. The van der Waals surface area contributed by atoms with E-state index in [1.54, 1.807) is 6.08 Å². The molecule has 2 aromatic rings. The van der Waals surface area contributed by atoms with E-state index in [9.17, 15) is 14.4 Å². The number of rotatable bonds is 7. The number of hydrogen-bond donors (Lipinski definition) is 3. The highest BCUT2D eigenvalue weighted by Gasteiger charge is 2.34. The van der Waals surface area contributed by atoms with Crippen molar-refractivity contribution in [3.63, 3.8) is 0 Å². The van der Waals surface area contributed by atoms with Crippen LogP contribution in [0.4, 0.5) is 4.79 Å². The molecule has 1 heterocycles. The van der Waals surface area contributed by atoms with Crippen LogP contribution in [0.25, 0.3) is 6.08 Å². The Hall–Kier alpha value is -2.88. The number of carbonyl (C=O) groups excluding carboxylic acids is 3. The fourth-order valence-corrected chi connectivity index (χ4v) is 3.75. The summed E-state index contributed by atoms with van der Waals surface area (Å²) >= 11 is 0.885. The number of carbonyl (C=O) groups is 3. The molecular weight excluding hydrogens is 403 g/mol. The molecule has 3 amide bonds. The highest BCUT2D eigenvalue weighted by molar-refractivity contribution is 8.18. The van der Waals surface area contributed by atoms with E-state index in [-0.39, 0.29) is 35.6 Å². The Morgan fingerprint density at radius 2 is 1.77 bits per heavy atom. The third-order valence-corrected chi connectivity index (χ3v) is 5.56. The van der Waals surface area contributed by atoms with Gasteiger partial charge in [-0.05, 0) is 53.0 Å². The Morgan fingerprint density at radius 3 is 2.37 bits per heavy atom. The number of hydrogen-bond acceptors (Lipinski definition) is 6. The number of imide groups is 1. The molecule has 0 atom stereocenters. The number of nitrogens with one attached hydrogen (secondary N) is 1. The first-order valence-corrected chi connectivity index (χ1v) is 10.3. The van der Waals surface area contributed by atoms with Crippen LogP contribution in [0.5, 0.6) is 0 Å². The topological polar surface area (TPSA) is 107 Å². The minimum absolute atomic E-state index is 0.0654. The molecule has 0 unspecified atom stereocenters. The number of amides is 3. The number of nitrogens with zero attached hydrogens (tertiary/aromatic N) is 1. The standard InChI is InChI=1S/C21H21BN2O5S/c1-2-14-3-5-15(6-4-14)13-18-20(26)24(21(27)30-18)12-11-23-19(25)16-7-9-17(10-8-16)22(28)29/h3-10,13,28-29H,2,11-12H2,1H3,(H,23,25). The van der Waals surface area contributed by atoms with Crippen LogP contribution >= 0.6 is 11.8 Å². The van der Waals surface area contributed by atoms with Crippen molar-refractivity contribution >= 4 is 47.5 Å². The van der Waals surface area contributed by atoms with Crippen molar-refractivity contribution in [1.29, 1.82) is 0 Å². The second-order valence-electron chi connectivity index (χ2n) is 6.68. The molecule has 7 nitrogen and oxygen atoms in total. The van der Waals surface area contributed by atoms with Gasteiger partial charge in [-0.2, -0.15) is 0 Å². The molecule has 30 heavy (non-hydrogen) atoms. The SMILES string of the molecule is CCc1ccc(C=C2SC(=O)N(CCNC(=O)c3ccc(B(O)O)cc3)C2=O)cc1. The van der Waals surface area contributed by atoms with Crippen LogP contribution in [0.1, 0.15) is 28.4 Å². The molecular formula is C21H21BN2O5S. The number of thioether (sulfide) groups is 1. The smallest absolute Gasteiger partial charge is 0.423 e. The van der Waals surface area contributed by atoms with Crippen LogP contribution < -0.4 is 10.8 Å². The summed E-state index contributed by atoms with van der Waals surface area (Å²) in [7, 11) is -1.60. The third-order valence-electron chi connectivity index (χ3n) is 4.65. The second-order valence-corrected chi connectivity index (χ2v) is 7.67. The Balaban J connectivity index is 1.56. The van der Waals surface area contributed by atoms with Gasteiger partial charge >= 0.3 is 7.12 Å². The van der Waals surface area contributed by atoms with E-state index < -0.39 is 7.12 Å². The average Bonchev–Trinajstić information content (AvgIpc) is 3.01. The van der Waals surface area contributed by atoms with Gasteiger partial charge in [0.25, 0.3) is 17.1 Å². The highest BCUT2D eigenvalue weighted by atomic mass is 32.2. The minimum atomic E-state index is -1.60. The van der Waals surface area contributed by atoms with Crippen molar-refractivity contribution in [2.75, 3.05) is 13.1 Å². The van der Waals surface area contributed by atoms with E-state index in [2.05, 4.69) is 12.2 Å². The first-order chi connectivity index (χ1) is 14.4. The summed E-state index contributed by atoms with van der Waals surface area (Å²) in [4.78, 5) is 38.4. The maximum Gasteiger partial charge on any atom is 0.488 e. The van der Waals surface area contributed by atoms with E-state index in [1.807, 2.05) is 24.3 Å². The molecule has 1 aliphatic rings. The van der Waals surface area contributed by atoms with Crippen LogP contribution in [-0.2, 0) is 11.2 Å². The summed E-state index contributed by atoms with van der Waals surface area (Å²) < 4.78 is 0. The van der Waals surface area contributed by atoms with E-state index in [0.717, 1.165) is 28.6 Å². The van der Waals surface area contributed by atoms with Crippen LogP contribution in [0.3, 0.4) is 0 Å². The summed E-state index contributed by atoms with van der Waals surface area (Å²) in [6.07, 6.45) is 2.62. The Kier molecular flexibility index (Phi) is 7.09. The van der Waals surface area contributed by atoms with Gasteiger partial charge in [-0.25, -0.2) is 0 Å². The van der Waals surface area contributed by atoms with Gasteiger partial charge < -0.3 is 15.4 Å². The summed E-state index contributed by atoms with van der Waals surface area (Å²) in [5.41, 5.74) is 2.66. The minimum Gasteiger partial charge on any atom is -0.423 e. The lowest BCUT2D eigenvalue weighted by Gasteiger charge is -2.13. The zero-order valence-corrected chi connectivity index (χ0v) is 17.2. The largest absolute Gasteiger partial charge is 0.488 e. The van der Waals surface area contributed by atoms with Gasteiger partial charge in [0.15, 0.2) is 0 Å². The summed E-state index contributed by atoms with van der Waals surface area (Å²) in [6, 6.07) is 13.6. The second kappa shape index (κ2) is 9.75. The average molecular weight is 424 g/mol. The molecule has 0 aromatic heterocycles. The zero-order valence-electron chi connectivity index (χ0n) is 16.4.